The van der Waals surface area contributed by atoms with E-state index in [2.05, 4.69) is 5.48 Å². The summed E-state index contributed by atoms with van der Waals surface area (Å²) in [7, 11) is -4.31. The van der Waals surface area contributed by atoms with Crippen molar-refractivity contribution in [2.75, 3.05) is 13.2 Å². The molecule has 1 heterocycles. The van der Waals surface area contributed by atoms with Crippen molar-refractivity contribution in [2.24, 2.45) is 5.73 Å². The second kappa shape index (κ2) is 13.8. The van der Waals surface area contributed by atoms with E-state index in [0.717, 1.165) is 4.31 Å². The van der Waals surface area contributed by atoms with Crippen molar-refractivity contribution >= 4 is 51.1 Å². The molecule has 1 aliphatic heterocycles. The number of nitrogens with two attached hydrogens (primary N) is 1. The molecule has 0 fully saturated rings. The molecule has 6 N–H and O–H groups in total. The Morgan fingerprint density at radius 1 is 1.12 bits per heavy atom. The molecule has 0 aliphatic carbocycles. The average Bonchev–Trinajstić information content (AvgIpc) is 2.84. The first-order chi connectivity index (χ1) is 18.6. The van der Waals surface area contributed by atoms with Crippen LogP contribution in [0.25, 0.3) is 0 Å². The van der Waals surface area contributed by atoms with Crippen LogP contribution < -0.4 is 16.0 Å². The number of carbonyl (C=O) groups is 2. The van der Waals surface area contributed by atoms with Crippen molar-refractivity contribution in [1.82, 2.24) is 9.79 Å². The van der Waals surface area contributed by atoms with Gasteiger partial charge in [0.05, 0.1) is 23.3 Å². The third kappa shape index (κ3) is 8.85. The number of guanidine groups is 1. The number of hydroxylamine groups is 1. The van der Waals surface area contributed by atoms with Gasteiger partial charge in [-0.3, -0.25) is 15.0 Å². The number of benzene rings is 2. The quantitative estimate of drug-likeness (QED) is 0.119. The predicted molar refractivity (Wildman–Crippen MR) is 136 cm³/mol. The predicted octanol–water partition coefficient (Wildman–Crippen LogP) is 3.01. The van der Waals surface area contributed by atoms with E-state index >= 15 is 0 Å². The lowest BCUT2D eigenvalue weighted by molar-refractivity contribution is -0.192. The van der Waals surface area contributed by atoms with E-state index in [1.54, 1.807) is 18.2 Å². The molecule has 0 radical (unpaired) electrons. The molecule has 12 nitrogen and oxygen atoms in total. The number of ether oxygens (including phenoxy) is 1. The van der Waals surface area contributed by atoms with E-state index in [0.29, 0.717) is 29.9 Å². The number of nitrogens with one attached hydrogen (secondary N) is 2. The second-order valence-electron chi connectivity index (χ2n) is 7.96. The minimum Gasteiger partial charge on any atom is -0.493 e. The molecule has 0 saturated heterocycles. The Morgan fingerprint density at radius 3 is 2.25 bits per heavy atom. The largest absolute Gasteiger partial charge is 0.493 e. The Hall–Kier alpha value is -3.31. The van der Waals surface area contributed by atoms with Gasteiger partial charge in [0.1, 0.15) is 16.7 Å². The average molecular weight is 631 g/mol. The van der Waals surface area contributed by atoms with Gasteiger partial charge in [-0.05, 0) is 35.4 Å². The molecule has 0 aromatic heterocycles. The number of halogens is 5. The summed E-state index contributed by atoms with van der Waals surface area (Å²) in [5.74, 6) is -3.84. The zero-order chi connectivity index (χ0) is 30.3. The summed E-state index contributed by atoms with van der Waals surface area (Å²) in [4.78, 5) is 25.4. The number of carboxylic acid groups (broad SMARTS) is 2. The van der Waals surface area contributed by atoms with Crippen LogP contribution in [0.2, 0.25) is 10.0 Å². The molecule has 0 unspecified atom stereocenters. The van der Waals surface area contributed by atoms with E-state index in [1.807, 2.05) is 0 Å². The summed E-state index contributed by atoms with van der Waals surface area (Å²) < 4.78 is 65.1. The molecule has 3 rings (SSSR count). The molecule has 0 spiro atoms. The summed E-state index contributed by atoms with van der Waals surface area (Å²) in [6, 6.07) is 8.06. The van der Waals surface area contributed by atoms with Crippen LogP contribution in [0.5, 0.6) is 5.75 Å². The van der Waals surface area contributed by atoms with Crippen molar-refractivity contribution in [3.8, 4) is 5.75 Å². The number of nitrogens with zero attached hydrogens (tertiary/aromatic N) is 1. The van der Waals surface area contributed by atoms with Crippen molar-refractivity contribution in [2.45, 2.75) is 36.5 Å². The Labute approximate surface area is 235 Å². The Balaban J connectivity index is 0.000000708. The van der Waals surface area contributed by atoms with Crippen LogP contribution >= 0.6 is 23.2 Å². The van der Waals surface area contributed by atoms with E-state index in [1.165, 1.54) is 18.2 Å². The molecular formula is C22H23Cl2F3N4O8S. The smallest absolute Gasteiger partial charge is 0.490 e. The van der Waals surface area contributed by atoms with Crippen LogP contribution in [0.1, 0.15) is 17.5 Å². The first kappa shape index (κ1) is 32.9. The van der Waals surface area contributed by atoms with E-state index in [9.17, 15) is 31.5 Å². The number of sulfonamides is 1. The van der Waals surface area contributed by atoms with Crippen LogP contribution in [-0.4, -0.2) is 66.3 Å². The fourth-order valence-corrected chi connectivity index (χ4v) is 6.04. The van der Waals surface area contributed by atoms with E-state index < -0.39 is 34.2 Å². The summed E-state index contributed by atoms with van der Waals surface area (Å²) >= 11 is 12.2. The van der Waals surface area contributed by atoms with Gasteiger partial charge in [-0.2, -0.15) is 17.5 Å². The molecule has 40 heavy (non-hydrogen) atoms. The fraction of sp³-hybridized carbons (Fsp3) is 0.318. The normalized spacial score (nSPS) is 15.3. The zero-order valence-corrected chi connectivity index (χ0v) is 22.6. The van der Waals surface area contributed by atoms with E-state index in [4.69, 9.17) is 53.8 Å². The van der Waals surface area contributed by atoms with Crippen LogP contribution in [0.15, 0.2) is 41.3 Å². The number of hydrogen-bond acceptors (Lipinski definition) is 7. The third-order valence-corrected chi connectivity index (χ3v) is 7.93. The Morgan fingerprint density at radius 2 is 1.73 bits per heavy atom. The first-order valence-corrected chi connectivity index (χ1v) is 13.2. The van der Waals surface area contributed by atoms with Gasteiger partial charge in [0, 0.05) is 19.4 Å². The Kier molecular flexibility index (Phi) is 11.4. The Bertz CT molecular complexity index is 1340. The first-order valence-electron chi connectivity index (χ1n) is 11.0. The van der Waals surface area contributed by atoms with Crippen molar-refractivity contribution < 1.29 is 51.0 Å². The molecule has 18 heteroatoms. The third-order valence-electron chi connectivity index (χ3n) is 5.12. The number of rotatable bonds is 9. The van der Waals surface area contributed by atoms with E-state index in [-0.39, 0.29) is 40.5 Å². The number of hydrogen-bond donors (Lipinski definition) is 5. The fourth-order valence-electron chi connectivity index (χ4n) is 3.39. The maximum Gasteiger partial charge on any atom is 0.490 e. The van der Waals surface area contributed by atoms with Crippen LogP contribution in [-0.2, 0) is 37.4 Å². The van der Waals surface area contributed by atoms with Gasteiger partial charge >= 0.3 is 18.1 Å². The molecule has 220 valence electrons. The highest BCUT2D eigenvalue weighted by molar-refractivity contribution is 7.89. The van der Waals surface area contributed by atoms with Crippen LogP contribution in [0.4, 0.5) is 13.2 Å². The topological polar surface area (TPSA) is 192 Å². The standard InChI is InChI=1S/C20H22Cl2N4O6S.C2HF3O2/c21-15-3-1-4-16(22)18(15)33(29,30)26-11-13-9-14(31-7-2-8-32-25-20(23)24)6-5-12(13)10-17(26)19(27)28;3-2(4,5)1(6)7/h1,3-6,9,17H,2,7-8,10-11H2,(H,27,28)(H4,23,24,25);(H,6,7)/t17-;/m0./s1. The summed E-state index contributed by atoms with van der Waals surface area (Å²) in [6.45, 7) is 0.377. The monoisotopic (exact) mass is 630 g/mol. The molecule has 0 bridgehead atoms. The summed E-state index contributed by atoms with van der Waals surface area (Å²) in [5.41, 5.74) is 8.65. The molecule has 0 amide bonds. The number of carboxylic acids is 2. The van der Waals surface area contributed by atoms with Crippen molar-refractivity contribution in [3.63, 3.8) is 0 Å². The molecule has 1 aliphatic rings. The van der Waals surface area contributed by atoms with Crippen molar-refractivity contribution in [1.29, 1.82) is 5.41 Å². The molecular weight excluding hydrogens is 608 g/mol. The molecule has 2 aromatic carbocycles. The highest BCUT2D eigenvalue weighted by Gasteiger charge is 2.41. The van der Waals surface area contributed by atoms with Gasteiger partial charge < -0.3 is 20.7 Å². The lowest BCUT2D eigenvalue weighted by atomic mass is 9.95. The highest BCUT2D eigenvalue weighted by atomic mass is 35.5. The van der Waals surface area contributed by atoms with Gasteiger partial charge in [-0.25, -0.2) is 18.7 Å². The SMILES string of the molecule is N=C(N)NOCCCOc1ccc2c(c1)CN(S(=O)(=O)c1c(Cl)cccc1Cl)[C@H](C(=O)O)C2.O=C(O)C(F)(F)F. The number of fused-ring (bicyclic) bond motifs is 1. The van der Waals surface area contributed by atoms with Gasteiger partial charge in [-0.1, -0.05) is 35.3 Å². The summed E-state index contributed by atoms with van der Waals surface area (Å²) in [6.07, 6.45) is -4.60. The highest BCUT2D eigenvalue weighted by Crippen LogP contribution is 2.36. The number of alkyl halides is 3. The molecule has 0 saturated carbocycles. The summed E-state index contributed by atoms with van der Waals surface area (Å²) in [5, 5.41) is 23.7. The number of aliphatic carboxylic acids is 2. The maximum absolute atomic E-state index is 13.4. The lowest BCUT2D eigenvalue weighted by Gasteiger charge is -2.34. The van der Waals surface area contributed by atoms with Gasteiger partial charge in [0.2, 0.25) is 16.0 Å². The zero-order valence-electron chi connectivity index (χ0n) is 20.2. The van der Waals surface area contributed by atoms with Gasteiger partial charge in [-0.15, -0.1) is 0 Å². The van der Waals surface area contributed by atoms with Gasteiger partial charge in [0.15, 0.2) is 0 Å². The minimum atomic E-state index is -5.08. The molecule has 1 atom stereocenters. The van der Waals surface area contributed by atoms with Crippen LogP contribution in [0.3, 0.4) is 0 Å². The molecule has 2 aromatic rings. The lowest BCUT2D eigenvalue weighted by Crippen LogP contribution is -2.48. The minimum absolute atomic E-state index is 0.0171. The van der Waals surface area contributed by atoms with Crippen molar-refractivity contribution in [3.05, 3.63) is 57.6 Å². The maximum atomic E-state index is 13.4. The van der Waals surface area contributed by atoms with Gasteiger partial charge in [0.25, 0.3) is 0 Å². The second-order valence-corrected chi connectivity index (χ2v) is 10.6. The van der Waals surface area contributed by atoms with Crippen LogP contribution in [0, 0.1) is 5.41 Å².